The monoisotopic (exact) mass is 223 g/mol. The van der Waals surface area contributed by atoms with Gasteiger partial charge in [0.05, 0.1) is 11.9 Å². The van der Waals surface area contributed by atoms with Gasteiger partial charge in [-0.2, -0.15) is 0 Å². The van der Waals surface area contributed by atoms with E-state index in [1.807, 2.05) is 25.8 Å². The maximum Gasteiger partial charge on any atom is 0.339 e. The first-order valence-electron chi connectivity index (χ1n) is 5.19. The molecule has 1 heterocycles. The normalized spacial score (nSPS) is 12.2. The van der Waals surface area contributed by atoms with Gasteiger partial charge in [0.1, 0.15) is 11.4 Å². The van der Waals surface area contributed by atoms with E-state index in [0.717, 1.165) is 6.42 Å². The molecule has 1 aromatic heterocycles. The van der Waals surface area contributed by atoms with Crippen molar-refractivity contribution in [1.29, 1.82) is 0 Å². The van der Waals surface area contributed by atoms with Gasteiger partial charge in [0.25, 0.3) is 0 Å². The molecule has 0 radical (unpaired) electrons. The number of anilines is 2. The summed E-state index contributed by atoms with van der Waals surface area (Å²) in [5, 5.41) is 9.07. The van der Waals surface area contributed by atoms with E-state index in [9.17, 15) is 4.79 Å². The van der Waals surface area contributed by atoms with Crippen LogP contribution in [0.15, 0.2) is 12.3 Å². The van der Waals surface area contributed by atoms with Crippen LogP contribution in [0, 0.1) is 0 Å². The molecule has 0 saturated carbocycles. The Bertz CT molecular complexity index is 393. The summed E-state index contributed by atoms with van der Waals surface area (Å²) >= 11 is 0. The summed E-state index contributed by atoms with van der Waals surface area (Å²) in [6.07, 6.45) is 2.39. The van der Waals surface area contributed by atoms with Crippen LogP contribution in [0.3, 0.4) is 0 Å². The SMILES string of the molecule is CCC(C)N(C)c1ncc(N)cc1C(=O)O. The third-order valence-electron chi connectivity index (χ3n) is 2.70. The van der Waals surface area contributed by atoms with Crippen molar-refractivity contribution >= 4 is 17.5 Å². The molecule has 5 nitrogen and oxygen atoms in total. The highest BCUT2D eigenvalue weighted by Gasteiger charge is 2.18. The Hall–Kier alpha value is -1.78. The number of nitrogen functional groups attached to an aromatic ring is 1. The molecule has 0 bridgehead atoms. The molecule has 0 saturated heterocycles. The van der Waals surface area contributed by atoms with Crippen molar-refractivity contribution in [3.8, 4) is 0 Å². The first-order valence-corrected chi connectivity index (χ1v) is 5.19. The molecule has 0 aliphatic rings. The van der Waals surface area contributed by atoms with Crippen LogP contribution < -0.4 is 10.6 Å². The van der Waals surface area contributed by atoms with Crippen molar-refractivity contribution < 1.29 is 9.90 Å². The van der Waals surface area contributed by atoms with E-state index in [2.05, 4.69) is 4.98 Å². The number of rotatable bonds is 4. The van der Waals surface area contributed by atoms with Crippen molar-refractivity contribution in [1.82, 2.24) is 4.98 Å². The topological polar surface area (TPSA) is 79.5 Å². The Morgan fingerprint density at radius 1 is 1.69 bits per heavy atom. The lowest BCUT2D eigenvalue weighted by Crippen LogP contribution is -2.30. The number of carbonyl (C=O) groups is 1. The molecule has 1 aromatic rings. The summed E-state index contributed by atoms with van der Waals surface area (Å²) in [7, 11) is 1.83. The van der Waals surface area contributed by atoms with Gasteiger partial charge in [-0.15, -0.1) is 0 Å². The van der Waals surface area contributed by atoms with E-state index in [-0.39, 0.29) is 11.6 Å². The van der Waals surface area contributed by atoms with Crippen LogP contribution in [-0.2, 0) is 0 Å². The summed E-state index contributed by atoms with van der Waals surface area (Å²) in [6.45, 7) is 4.06. The first kappa shape index (κ1) is 12.3. The maximum absolute atomic E-state index is 11.1. The van der Waals surface area contributed by atoms with E-state index in [4.69, 9.17) is 10.8 Å². The van der Waals surface area contributed by atoms with E-state index >= 15 is 0 Å². The van der Waals surface area contributed by atoms with Gasteiger partial charge < -0.3 is 15.7 Å². The van der Waals surface area contributed by atoms with E-state index < -0.39 is 5.97 Å². The largest absolute Gasteiger partial charge is 0.478 e. The van der Waals surface area contributed by atoms with Gasteiger partial charge in [-0.3, -0.25) is 0 Å². The zero-order valence-corrected chi connectivity index (χ0v) is 9.77. The van der Waals surface area contributed by atoms with Crippen LogP contribution in [0.4, 0.5) is 11.5 Å². The fourth-order valence-corrected chi connectivity index (χ4v) is 1.39. The molecular weight excluding hydrogens is 206 g/mol. The maximum atomic E-state index is 11.1. The fourth-order valence-electron chi connectivity index (χ4n) is 1.39. The Balaban J connectivity index is 3.17. The van der Waals surface area contributed by atoms with Crippen LogP contribution in [-0.4, -0.2) is 29.1 Å². The second kappa shape index (κ2) is 4.83. The lowest BCUT2D eigenvalue weighted by molar-refractivity contribution is 0.0697. The van der Waals surface area contributed by atoms with Crippen molar-refractivity contribution in [3.63, 3.8) is 0 Å². The molecule has 16 heavy (non-hydrogen) atoms. The zero-order valence-electron chi connectivity index (χ0n) is 9.77. The lowest BCUT2D eigenvalue weighted by atomic mass is 10.2. The van der Waals surface area contributed by atoms with E-state index in [1.54, 1.807) is 0 Å². The molecular formula is C11H17N3O2. The number of aromatic carboxylic acids is 1. The van der Waals surface area contributed by atoms with Crippen molar-refractivity contribution in [2.75, 3.05) is 17.7 Å². The number of hydrogen-bond acceptors (Lipinski definition) is 4. The van der Waals surface area contributed by atoms with Gasteiger partial charge in [-0.1, -0.05) is 6.92 Å². The summed E-state index contributed by atoms with van der Waals surface area (Å²) in [5.74, 6) is -0.555. The van der Waals surface area contributed by atoms with Crippen LogP contribution in [0.2, 0.25) is 0 Å². The number of pyridine rings is 1. The van der Waals surface area contributed by atoms with Crippen LogP contribution in [0.5, 0.6) is 0 Å². The standard InChI is InChI=1S/C11H17N3O2/c1-4-7(2)14(3)10-9(11(15)16)5-8(12)6-13-10/h5-7H,4,12H2,1-3H3,(H,15,16). The highest BCUT2D eigenvalue weighted by molar-refractivity contribution is 5.94. The molecule has 0 aliphatic carbocycles. The van der Waals surface area contributed by atoms with Gasteiger partial charge in [0.2, 0.25) is 0 Å². The smallest absolute Gasteiger partial charge is 0.339 e. The summed E-state index contributed by atoms with van der Waals surface area (Å²) in [5.41, 5.74) is 6.03. The molecule has 1 rings (SSSR count). The predicted molar refractivity (Wildman–Crippen MR) is 63.8 cm³/mol. The van der Waals surface area contributed by atoms with Crippen molar-refractivity contribution in [2.45, 2.75) is 26.3 Å². The quantitative estimate of drug-likeness (QED) is 0.810. The number of aromatic nitrogens is 1. The number of hydrogen-bond donors (Lipinski definition) is 2. The van der Waals surface area contributed by atoms with Gasteiger partial charge in [0, 0.05) is 13.1 Å². The molecule has 0 fully saturated rings. The van der Waals surface area contributed by atoms with Crippen LogP contribution >= 0.6 is 0 Å². The Morgan fingerprint density at radius 3 is 2.81 bits per heavy atom. The number of carboxylic acid groups (broad SMARTS) is 1. The molecule has 0 amide bonds. The first-order chi connectivity index (χ1) is 7.47. The summed E-state index contributed by atoms with van der Waals surface area (Å²) < 4.78 is 0. The van der Waals surface area contributed by atoms with Gasteiger partial charge in [-0.25, -0.2) is 9.78 Å². The van der Waals surface area contributed by atoms with Crippen molar-refractivity contribution in [3.05, 3.63) is 17.8 Å². The second-order valence-electron chi connectivity index (χ2n) is 3.81. The molecule has 0 spiro atoms. The fraction of sp³-hybridized carbons (Fsp3) is 0.455. The minimum absolute atomic E-state index is 0.141. The molecule has 0 aliphatic heterocycles. The Labute approximate surface area is 94.9 Å². The molecule has 3 N–H and O–H groups in total. The van der Waals surface area contributed by atoms with Gasteiger partial charge >= 0.3 is 5.97 Å². The molecule has 1 atom stereocenters. The van der Waals surface area contributed by atoms with Gasteiger partial charge in [0.15, 0.2) is 0 Å². The highest BCUT2D eigenvalue weighted by Crippen LogP contribution is 2.21. The van der Waals surface area contributed by atoms with Gasteiger partial charge in [-0.05, 0) is 19.4 Å². The minimum Gasteiger partial charge on any atom is -0.478 e. The zero-order chi connectivity index (χ0) is 12.3. The lowest BCUT2D eigenvalue weighted by Gasteiger charge is -2.26. The third kappa shape index (κ3) is 2.42. The summed E-state index contributed by atoms with van der Waals surface area (Å²) in [4.78, 5) is 17.0. The average Bonchev–Trinajstić information content (AvgIpc) is 2.26. The molecule has 1 unspecified atom stereocenters. The second-order valence-corrected chi connectivity index (χ2v) is 3.81. The Kier molecular flexibility index (Phi) is 3.71. The Morgan fingerprint density at radius 2 is 2.31 bits per heavy atom. The van der Waals surface area contributed by atoms with Crippen molar-refractivity contribution in [2.24, 2.45) is 0 Å². The number of carboxylic acids is 1. The van der Waals surface area contributed by atoms with E-state index in [1.165, 1.54) is 12.3 Å². The molecule has 0 aromatic carbocycles. The van der Waals surface area contributed by atoms with Crippen LogP contribution in [0.1, 0.15) is 30.6 Å². The predicted octanol–water partition coefficient (Wildman–Crippen LogP) is 1.60. The highest BCUT2D eigenvalue weighted by atomic mass is 16.4. The molecule has 5 heteroatoms. The number of nitrogens with zero attached hydrogens (tertiary/aromatic N) is 2. The summed E-state index contributed by atoms with van der Waals surface area (Å²) in [6, 6.07) is 1.66. The third-order valence-corrected chi connectivity index (χ3v) is 2.70. The minimum atomic E-state index is -1.01. The molecule has 88 valence electrons. The average molecular weight is 223 g/mol. The number of nitrogens with two attached hydrogens (primary N) is 1. The van der Waals surface area contributed by atoms with E-state index in [0.29, 0.717) is 11.5 Å². The van der Waals surface area contributed by atoms with Crippen LogP contribution in [0.25, 0.3) is 0 Å².